The van der Waals surface area contributed by atoms with Crippen molar-refractivity contribution in [1.29, 1.82) is 0 Å². The molecule has 16 heteroatoms. The molecule has 3 amide bonds. The van der Waals surface area contributed by atoms with Gasteiger partial charge in [-0.3, -0.25) is 9.59 Å². The quantitative estimate of drug-likeness (QED) is 0.331. The fourth-order valence-corrected chi connectivity index (χ4v) is 6.35. The Morgan fingerprint density at radius 2 is 1.76 bits per heavy atom. The van der Waals surface area contributed by atoms with Crippen molar-refractivity contribution in [3.63, 3.8) is 0 Å². The number of alkyl halides is 3. The van der Waals surface area contributed by atoms with Gasteiger partial charge in [0.25, 0.3) is 5.91 Å². The predicted octanol–water partition coefficient (Wildman–Crippen LogP) is 2.75. The molecule has 2 fully saturated rings. The first kappa shape index (κ1) is 29.7. The Morgan fingerprint density at radius 1 is 1.10 bits per heavy atom. The summed E-state index contributed by atoms with van der Waals surface area (Å²) in [6, 6.07) is -0.624. The van der Waals surface area contributed by atoms with Crippen LogP contribution in [-0.2, 0) is 30.5 Å². The average Bonchev–Trinajstić information content (AvgIpc) is 3.24. The highest BCUT2D eigenvalue weighted by atomic mass is 19.4. The number of likely N-dealkylation sites (tertiary alicyclic amines) is 1. The summed E-state index contributed by atoms with van der Waals surface area (Å²) in [7, 11) is 1.97. The van der Waals surface area contributed by atoms with Gasteiger partial charge in [0.1, 0.15) is 5.82 Å². The number of halogens is 6. The summed E-state index contributed by atoms with van der Waals surface area (Å²) in [6.45, 7) is 0.821. The third-order valence-electron chi connectivity index (χ3n) is 8.04. The second-order valence-corrected chi connectivity index (χ2v) is 11.4. The van der Waals surface area contributed by atoms with Crippen LogP contribution in [0.2, 0.25) is 0 Å². The standard InChI is InChI=1S/C26H28F6N6O4/c1-36-11-25(12-36)8-15(9-25)33-22(40)21-19-10-37(2-3-38(19)23(35-21)26(30,31)32)20(39)6-14(34-24(41)42)4-13-5-17(28)18(29)7-16(13)27/h5,7,14-15,34H,2-4,6,8-12H2,1H3,(H,33,40)(H,41,42)/t14-/m1/s1. The molecule has 5 rings (SSSR count). The summed E-state index contributed by atoms with van der Waals surface area (Å²) in [5, 5.41) is 14.0. The molecule has 1 saturated heterocycles. The van der Waals surface area contributed by atoms with Gasteiger partial charge >= 0.3 is 12.3 Å². The maximum atomic E-state index is 14.2. The van der Waals surface area contributed by atoms with E-state index in [1.54, 1.807) is 0 Å². The van der Waals surface area contributed by atoms with E-state index in [9.17, 15) is 45.8 Å². The first-order valence-electron chi connectivity index (χ1n) is 13.2. The number of fused-ring (bicyclic) bond motifs is 1. The van der Waals surface area contributed by atoms with E-state index in [4.69, 9.17) is 0 Å². The van der Waals surface area contributed by atoms with Gasteiger partial charge in [0.2, 0.25) is 11.7 Å². The van der Waals surface area contributed by atoms with Gasteiger partial charge in [-0.25, -0.2) is 22.9 Å². The Balaban J connectivity index is 1.31. The number of carbonyl (C=O) groups is 3. The molecule has 1 aromatic heterocycles. The third-order valence-corrected chi connectivity index (χ3v) is 8.04. The molecular formula is C26H28F6N6O4. The molecule has 3 heterocycles. The van der Waals surface area contributed by atoms with E-state index in [0.717, 1.165) is 22.6 Å². The van der Waals surface area contributed by atoms with Gasteiger partial charge in [0.05, 0.1) is 12.2 Å². The van der Waals surface area contributed by atoms with Crippen molar-refractivity contribution in [3.8, 4) is 0 Å². The van der Waals surface area contributed by atoms with Crippen molar-refractivity contribution in [3.05, 3.63) is 52.4 Å². The summed E-state index contributed by atoms with van der Waals surface area (Å²) >= 11 is 0. The Morgan fingerprint density at radius 3 is 2.38 bits per heavy atom. The zero-order valence-electron chi connectivity index (χ0n) is 22.4. The number of aromatic nitrogens is 2. The number of rotatable bonds is 7. The molecule has 1 saturated carbocycles. The molecule has 228 valence electrons. The number of carboxylic acid groups (broad SMARTS) is 1. The average molecular weight is 603 g/mol. The minimum absolute atomic E-state index is 0.115. The molecule has 1 aromatic carbocycles. The van der Waals surface area contributed by atoms with Crippen molar-refractivity contribution in [1.82, 2.24) is 30.0 Å². The molecule has 2 aliphatic heterocycles. The highest BCUT2D eigenvalue weighted by Crippen LogP contribution is 2.47. The highest BCUT2D eigenvalue weighted by Gasteiger charge is 2.51. The van der Waals surface area contributed by atoms with Crippen molar-refractivity contribution in [2.45, 2.75) is 57.0 Å². The van der Waals surface area contributed by atoms with Crippen molar-refractivity contribution in [2.75, 3.05) is 26.7 Å². The molecule has 3 N–H and O–H groups in total. The fourth-order valence-electron chi connectivity index (χ4n) is 6.35. The van der Waals surface area contributed by atoms with Crippen LogP contribution in [0.15, 0.2) is 12.1 Å². The smallest absolute Gasteiger partial charge is 0.449 e. The largest absolute Gasteiger partial charge is 0.465 e. The van der Waals surface area contributed by atoms with Crippen LogP contribution in [0.25, 0.3) is 0 Å². The monoisotopic (exact) mass is 602 g/mol. The van der Waals surface area contributed by atoms with Crippen LogP contribution in [0.4, 0.5) is 31.1 Å². The van der Waals surface area contributed by atoms with E-state index in [1.165, 1.54) is 0 Å². The van der Waals surface area contributed by atoms with Crippen LogP contribution < -0.4 is 10.6 Å². The Bertz CT molecular complexity index is 1410. The molecular weight excluding hydrogens is 574 g/mol. The Kier molecular flexibility index (Phi) is 7.62. The van der Waals surface area contributed by atoms with Crippen LogP contribution in [-0.4, -0.2) is 81.1 Å². The van der Waals surface area contributed by atoms with Crippen LogP contribution in [0, 0.1) is 22.9 Å². The third kappa shape index (κ3) is 5.89. The molecule has 2 aromatic rings. The number of imidazole rings is 1. The van der Waals surface area contributed by atoms with Crippen molar-refractivity contribution < 1.29 is 45.8 Å². The van der Waals surface area contributed by atoms with Crippen molar-refractivity contribution >= 4 is 17.9 Å². The molecule has 1 aliphatic carbocycles. The second-order valence-electron chi connectivity index (χ2n) is 11.4. The SMILES string of the molecule is CN1CC2(CC(NC(=O)c3nc(C(F)(F)F)n4c3CN(C(=O)C[C@@H](Cc3cc(F)c(F)cc3F)NC(=O)O)CC4)C2)C1. The predicted molar refractivity (Wildman–Crippen MR) is 133 cm³/mol. The lowest BCUT2D eigenvalue weighted by Crippen LogP contribution is -2.65. The number of amides is 3. The van der Waals surface area contributed by atoms with Crippen LogP contribution in [0.1, 0.15) is 46.8 Å². The van der Waals surface area contributed by atoms with Gasteiger partial charge < -0.3 is 30.1 Å². The number of benzene rings is 1. The van der Waals surface area contributed by atoms with Gasteiger partial charge in [-0.15, -0.1) is 0 Å². The van der Waals surface area contributed by atoms with Gasteiger partial charge in [-0.05, 0) is 43.4 Å². The molecule has 0 bridgehead atoms. The number of carbonyl (C=O) groups excluding carboxylic acids is 2. The number of nitrogens with one attached hydrogen (secondary N) is 2. The number of nitrogens with zero attached hydrogens (tertiary/aromatic N) is 4. The maximum Gasteiger partial charge on any atom is 0.449 e. The van der Waals surface area contributed by atoms with Crippen molar-refractivity contribution in [2.24, 2.45) is 5.41 Å². The van der Waals surface area contributed by atoms with E-state index < -0.39 is 78.5 Å². The van der Waals surface area contributed by atoms with E-state index in [1.807, 2.05) is 12.4 Å². The molecule has 3 aliphatic rings. The Labute approximate surface area is 235 Å². The fraction of sp³-hybridized carbons (Fsp3) is 0.538. The first-order valence-corrected chi connectivity index (χ1v) is 13.2. The summed E-state index contributed by atoms with van der Waals surface area (Å²) < 4.78 is 83.4. The molecule has 1 spiro atoms. The Hall–Kier alpha value is -3.82. The van der Waals surface area contributed by atoms with E-state index >= 15 is 0 Å². The normalized spacial score (nSPS) is 19.1. The minimum Gasteiger partial charge on any atom is -0.465 e. The summed E-state index contributed by atoms with van der Waals surface area (Å²) in [6.07, 6.45) is -6.09. The second kappa shape index (κ2) is 10.8. The van der Waals surface area contributed by atoms with E-state index in [-0.39, 0.29) is 35.8 Å². The number of hydrogen-bond acceptors (Lipinski definition) is 5. The zero-order chi connectivity index (χ0) is 30.6. The van der Waals surface area contributed by atoms with E-state index in [0.29, 0.717) is 25.0 Å². The van der Waals surface area contributed by atoms with Gasteiger partial charge in [0, 0.05) is 50.7 Å². The van der Waals surface area contributed by atoms with Gasteiger partial charge in [0.15, 0.2) is 17.3 Å². The molecule has 1 atom stereocenters. The summed E-state index contributed by atoms with van der Waals surface area (Å²) in [5.74, 6) is -6.70. The maximum absolute atomic E-state index is 14.2. The van der Waals surface area contributed by atoms with E-state index in [2.05, 4.69) is 15.2 Å². The topological polar surface area (TPSA) is 120 Å². The van der Waals surface area contributed by atoms with Crippen LogP contribution >= 0.6 is 0 Å². The first-order chi connectivity index (χ1) is 19.6. The van der Waals surface area contributed by atoms with Crippen LogP contribution in [0.3, 0.4) is 0 Å². The lowest BCUT2D eigenvalue weighted by atomic mass is 9.61. The lowest BCUT2D eigenvalue weighted by molar-refractivity contribution is -0.148. The highest BCUT2D eigenvalue weighted by molar-refractivity contribution is 5.94. The molecule has 0 radical (unpaired) electrons. The molecule has 10 nitrogen and oxygen atoms in total. The minimum atomic E-state index is -4.86. The van der Waals surface area contributed by atoms with Gasteiger partial charge in [-0.1, -0.05) is 0 Å². The van der Waals surface area contributed by atoms with Gasteiger partial charge in [-0.2, -0.15) is 13.2 Å². The van der Waals surface area contributed by atoms with Crippen LogP contribution in [0.5, 0.6) is 0 Å². The molecule has 0 unspecified atom stereocenters. The zero-order valence-corrected chi connectivity index (χ0v) is 22.4. The molecule has 42 heavy (non-hydrogen) atoms. The number of hydrogen-bond donors (Lipinski definition) is 3. The lowest BCUT2D eigenvalue weighted by Gasteiger charge is -2.58. The summed E-state index contributed by atoms with van der Waals surface area (Å²) in [4.78, 5) is 44.4. The summed E-state index contributed by atoms with van der Waals surface area (Å²) in [5.41, 5.74) is -0.830.